The number of hydrogen-bond acceptors (Lipinski definition) is 4. The monoisotopic (exact) mass is 150 g/mol. The van der Waals surface area contributed by atoms with Gasteiger partial charge in [-0.2, -0.15) is 0 Å². The minimum Gasteiger partial charge on any atom is -0.464 e. The lowest BCUT2D eigenvalue weighted by Crippen LogP contribution is -2.30. The van der Waals surface area contributed by atoms with E-state index >= 15 is 0 Å². The molecule has 1 heterocycles. The quantitative estimate of drug-likeness (QED) is 0.414. The Morgan fingerprint density at radius 3 is 2.44 bits per heavy atom. The van der Waals surface area contributed by atoms with Crippen molar-refractivity contribution in [2.24, 2.45) is 0 Å². The SMILES string of the molecule is O=C1CS(=O)(=O)CCO1. The summed E-state index contributed by atoms with van der Waals surface area (Å²) in [6, 6.07) is 0. The fraction of sp³-hybridized carbons (Fsp3) is 0.750. The molecule has 0 bridgehead atoms. The van der Waals surface area contributed by atoms with Crippen LogP contribution >= 0.6 is 0 Å². The Bertz CT molecular complexity index is 215. The molecule has 0 amide bonds. The normalized spacial score (nSPS) is 25.1. The van der Waals surface area contributed by atoms with Crippen molar-refractivity contribution in [2.45, 2.75) is 0 Å². The Hall–Kier alpha value is -0.580. The van der Waals surface area contributed by atoms with Crippen molar-refractivity contribution in [1.29, 1.82) is 0 Å². The molecule has 5 heteroatoms. The van der Waals surface area contributed by atoms with Gasteiger partial charge in [-0.25, -0.2) is 8.42 Å². The molecule has 9 heavy (non-hydrogen) atoms. The highest BCUT2D eigenvalue weighted by Crippen LogP contribution is 1.98. The molecule has 0 radical (unpaired) electrons. The van der Waals surface area contributed by atoms with E-state index in [2.05, 4.69) is 4.74 Å². The van der Waals surface area contributed by atoms with Crippen LogP contribution in [0.25, 0.3) is 0 Å². The van der Waals surface area contributed by atoms with Gasteiger partial charge in [-0.05, 0) is 0 Å². The van der Waals surface area contributed by atoms with Crippen LogP contribution in [0, 0.1) is 0 Å². The Morgan fingerprint density at radius 2 is 2.11 bits per heavy atom. The summed E-state index contributed by atoms with van der Waals surface area (Å²) < 4.78 is 25.5. The highest BCUT2D eigenvalue weighted by Gasteiger charge is 2.22. The van der Waals surface area contributed by atoms with E-state index in [1.54, 1.807) is 0 Å². The number of cyclic esters (lactones) is 1. The molecule has 1 fully saturated rings. The molecule has 0 atom stereocenters. The van der Waals surface area contributed by atoms with E-state index in [0.717, 1.165) is 0 Å². The van der Waals surface area contributed by atoms with Gasteiger partial charge in [-0.3, -0.25) is 4.79 Å². The molecule has 0 N–H and O–H groups in total. The van der Waals surface area contributed by atoms with Crippen LogP contribution < -0.4 is 0 Å². The van der Waals surface area contributed by atoms with Crippen LogP contribution in [0.2, 0.25) is 0 Å². The van der Waals surface area contributed by atoms with E-state index < -0.39 is 21.6 Å². The summed E-state index contributed by atoms with van der Waals surface area (Å²) in [5.41, 5.74) is 0. The van der Waals surface area contributed by atoms with Gasteiger partial charge in [0.15, 0.2) is 9.84 Å². The van der Waals surface area contributed by atoms with Crippen LogP contribution in [0.3, 0.4) is 0 Å². The first-order chi connectivity index (χ1) is 4.10. The summed E-state index contributed by atoms with van der Waals surface area (Å²) in [4.78, 5) is 10.3. The first-order valence-corrected chi connectivity index (χ1v) is 4.28. The highest BCUT2D eigenvalue weighted by molar-refractivity contribution is 7.92. The molecule has 1 aliphatic heterocycles. The lowest BCUT2D eigenvalue weighted by Gasteiger charge is -2.10. The average Bonchev–Trinajstić information content (AvgIpc) is 1.60. The standard InChI is InChI=1S/C4H6O4S/c5-4-3-9(6,7)2-1-8-4/h1-3H2. The van der Waals surface area contributed by atoms with E-state index in [1.807, 2.05) is 0 Å². The van der Waals surface area contributed by atoms with Gasteiger partial charge in [0.05, 0.1) is 5.75 Å². The van der Waals surface area contributed by atoms with Crippen LogP contribution in [0.1, 0.15) is 0 Å². The molecule has 0 spiro atoms. The summed E-state index contributed by atoms with van der Waals surface area (Å²) in [5, 5.41) is 0. The Balaban J connectivity index is 2.73. The Morgan fingerprint density at radius 1 is 1.44 bits per heavy atom. The summed E-state index contributed by atoms with van der Waals surface area (Å²) in [5.74, 6) is -1.12. The number of sulfone groups is 1. The van der Waals surface area contributed by atoms with Crippen molar-refractivity contribution < 1.29 is 17.9 Å². The third kappa shape index (κ3) is 1.67. The largest absolute Gasteiger partial charge is 0.464 e. The van der Waals surface area contributed by atoms with E-state index in [9.17, 15) is 13.2 Å². The zero-order valence-corrected chi connectivity index (χ0v) is 5.48. The third-order valence-electron chi connectivity index (χ3n) is 0.995. The number of carbonyl (C=O) groups is 1. The molecule has 1 saturated heterocycles. The van der Waals surface area contributed by atoms with E-state index in [0.29, 0.717) is 0 Å². The average molecular weight is 150 g/mol. The number of rotatable bonds is 0. The van der Waals surface area contributed by atoms with Crippen molar-refractivity contribution in [3.8, 4) is 0 Å². The van der Waals surface area contributed by atoms with Gasteiger partial charge in [0.2, 0.25) is 0 Å². The lowest BCUT2D eigenvalue weighted by molar-refractivity contribution is -0.140. The van der Waals surface area contributed by atoms with E-state index in [4.69, 9.17) is 0 Å². The third-order valence-corrected chi connectivity index (χ3v) is 2.46. The van der Waals surface area contributed by atoms with Gasteiger partial charge >= 0.3 is 5.97 Å². The summed E-state index contributed by atoms with van der Waals surface area (Å²) >= 11 is 0. The molecule has 52 valence electrons. The number of esters is 1. The first kappa shape index (κ1) is 6.54. The van der Waals surface area contributed by atoms with Crippen molar-refractivity contribution in [2.75, 3.05) is 18.1 Å². The van der Waals surface area contributed by atoms with E-state index in [1.165, 1.54) is 0 Å². The molecule has 1 rings (SSSR count). The second-order valence-electron chi connectivity index (χ2n) is 1.81. The Labute approximate surface area is 52.7 Å². The molecule has 0 saturated carbocycles. The van der Waals surface area contributed by atoms with Crippen molar-refractivity contribution in [3.05, 3.63) is 0 Å². The van der Waals surface area contributed by atoms with Gasteiger partial charge in [0, 0.05) is 0 Å². The van der Waals surface area contributed by atoms with Gasteiger partial charge in [0.25, 0.3) is 0 Å². The molecular weight excluding hydrogens is 144 g/mol. The number of carbonyl (C=O) groups excluding carboxylic acids is 1. The van der Waals surface area contributed by atoms with Crippen LogP contribution in [-0.4, -0.2) is 32.5 Å². The second-order valence-corrected chi connectivity index (χ2v) is 4.00. The van der Waals surface area contributed by atoms with Gasteiger partial charge in [-0.1, -0.05) is 0 Å². The lowest BCUT2D eigenvalue weighted by atomic mass is 10.7. The molecule has 0 aliphatic carbocycles. The summed E-state index contributed by atoms with van der Waals surface area (Å²) in [6.45, 7) is 0.0150. The van der Waals surface area contributed by atoms with Gasteiger partial charge in [-0.15, -0.1) is 0 Å². The molecule has 0 aromatic heterocycles. The predicted octanol–water partition coefficient (Wildman–Crippen LogP) is -1.04. The molecular formula is C4H6O4S. The Kier molecular flexibility index (Phi) is 1.44. The molecule has 4 nitrogen and oxygen atoms in total. The van der Waals surface area contributed by atoms with Crippen LogP contribution in [-0.2, 0) is 19.4 Å². The zero-order valence-electron chi connectivity index (χ0n) is 4.66. The maximum absolute atomic E-state index is 10.6. The second kappa shape index (κ2) is 1.98. The van der Waals surface area contributed by atoms with Gasteiger partial charge < -0.3 is 4.74 Å². The summed E-state index contributed by atoms with van der Waals surface area (Å²) in [7, 11) is -3.11. The number of hydrogen-bond donors (Lipinski definition) is 0. The predicted molar refractivity (Wildman–Crippen MR) is 29.6 cm³/mol. The molecule has 0 aromatic carbocycles. The summed E-state index contributed by atoms with van der Waals surface area (Å²) in [6.07, 6.45) is 0. The van der Waals surface area contributed by atoms with Crippen molar-refractivity contribution in [3.63, 3.8) is 0 Å². The first-order valence-electron chi connectivity index (χ1n) is 2.46. The molecule has 1 aliphatic rings. The van der Waals surface area contributed by atoms with Crippen molar-refractivity contribution in [1.82, 2.24) is 0 Å². The molecule has 0 unspecified atom stereocenters. The fourth-order valence-electron chi connectivity index (χ4n) is 0.576. The number of ether oxygens (including phenoxy) is 1. The zero-order chi connectivity index (χ0) is 6.91. The maximum Gasteiger partial charge on any atom is 0.321 e. The topological polar surface area (TPSA) is 60.4 Å². The minimum absolute atomic E-state index is 0.0150. The fourth-order valence-corrected chi connectivity index (χ4v) is 1.50. The van der Waals surface area contributed by atoms with Crippen molar-refractivity contribution >= 4 is 15.8 Å². The van der Waals surface area contributed by atoms with Crippen LogP contribution in [0.4, 0.5) is 0 Å². The highest BCUT2D eigenvalue weighted by atomic mass is 32.2. The smallest absolute Gasteiger partial charge is 0.321 e. The van der Waals surface area contributed by atoms with Crippen LogP contribution in [0.15, 0.2) is 0 Å². The van der Waals surface area contributed by atoms with Crippen LogP contribution in [0.5, 0.6) is 0 Å². The molecule has 0 aromatic rings. The minimum atomic E-state index is -3.11. The van der Waals surface area contributed by atoms with Gasteiger partial charge in [0.1, 0.15) is 12.4 Å². The maximum atomic E-state index is 10.6. The van der Waals surface area contributed by atoms with E-state index in [-0.39, 0.29) is 12.4 Å².